The molecule has 1 unspecified atom stereocenters. The van der Waals surface area contributed by atoms with Crippen LogP contribution in [0, 0.1) is 5.41 Å². The van der Waals surface area contributed by atoms with Gasteiger partial charge in [0, 0.05) is 51.0 Å². The molecule has 27 heavy (non-hydrogen) atoms. The minimum Gasteiger partial charge on any atom is -0.481 e. The van der Waals surface area contributed by atoms with Gasteiger partial charge in [-0.3, -0.25) is 9.59 Å². The number of hydrogen-bond acceptors (Lipinski definition) is 4. The van der Waals surface area contributed by atoms with Gasteiger partial charge in [0.25, 0.3) is 5.91 Å². The van der Waals surface area contributed by atoms with Crippen LogP contribution in [0.4, 0.5) is 0 Å². The maximum atomic E-state index is 13.3. The lowest BCUT2D eigenvalue weighted by Crippen LogP contribution is -2.52. The van der Waals surface area contributed by atoms with Crippen molar-refractivity contribution in [2.75, 3.05) is 40.5 Å². The van der Waals surface area contributed by atoms with E-state index in [-0.39, 0.29) is 19.1 Å². The highest BCUT2D eigenvalue weighted by Gasteiger charge is 2.44. The van der Waals surface area contributed by atoms with Gasteiger partial charge in [-0.05, 0) is 18.9 Å². The number of carbonyl (C=O) groups excluding carboxylic acids is 1. The van der Waals surface area contributed by atoms with Gasteiger partial charge in [-0.15, -0.1) is 0 Å². The zero-order valence-corrected chi connectivity index (χ0v) is 15.8. The third-order valence-corrected chi connectivity index (χ3v) is 5.29. The van der Waals surface area contributed by atoms with Crippen LogP contribution >= 0.6 is 0 Å². The molecule has 1 aromatic heterocycles. The summed E-state index contributed by atoms with van der Waals surface area (Å²) in [4.78, 5) is 26.8. The van der Waals surface area contributed by atoms with Crippen LogP contribution in [-0.4, -0.2) is 67.0 Å². The van der Waals surface area contributed by atoms with Crippen molar-refractivity contribution in [3.8, 4) is 0 Å². The summed E-state index contributed by atoms with van der Waals surface area (Å²) in [6.07, 6.45) is 3.00. The first-order chi connectivity index (χ1) is 13.0. The molecule has 0 bridgehead atoms. The summed E-state index contributed by atoms with van der Waals surface area (Å²) in [6, 6.07) is 7.75. The van der Waals surface area contributed by atoms with Crippen LogP contribution in [0.15, 0.2) is 30.5 Å². The van der Waals surface area contributed by atoms with Crippen LogP contribution in [0.3, 0.4) is 0 Å². The fourth-order valence-corrected chi connectivity index (χ4v) is 3.90. The molecule has 7 heteroatoms. The highest BCUT2D eigenvalue weighted by atomic mass is 16.5. The molecule has 1 amide bonds. The van der Waals surface area contributed by atoms with Gasteiger partial charge in [-0.2, -0.15) is 0 Å². The number of carboxylic acids is 1. The van der Waals surface area contributed by atoms with Gasteiger partial charge >= 0.3 is 5.97 Å². The topological polar surface area (TPSA) is 81.0 Å². The molecule has 3 rings (SSSR count). The Morgan fingerprint density at radius 2 is 2.00 bits per heavy atom. The maximum absolute atomic E-state index is 13.3. The van der Waals surface area contributed by atoms with Crippen LogP contribution in [0.25, 0.3) is 10.9 Å². The third kappa shape index (κ3) is 3.70. The number of nitrogens with zero attached hydrogens (tertiary/aromatic N) is 2. The molecule has 1 aromatic carbocycles. The minimum atomic E-state index is -1.04. The van der Waals surface area contributed by atoms with Gasteiger partial charge < -0.3 is 24.0 Å². The maximum Gasteiger partial charge on any atom is 0.313 e. The molecular formula is C20H26N2O5. The smallest absolute Gasteiger partial charge is 0.313 e. The van der Waals surface area contributed by atoms with E-state index in [1.54, 1.807) is 12.0 Å². The first kappa shape index (κ1) is 19.4. The monoisotopic (exact) mass is 374 g/mol. The van der Waals surface area contributed by atoms with E-state index in [1.807, 2.05) is 35.0 Å². The number of likely N-dealkylation sites (tertiary alicyclic amines) is 1. The number of rotatable bonds is 7. The van der Waals surface area contributed by atoms with Gasteiger partial charge in [0.05, 0.1) is 18.8 Å². The molecule has 2 heterocycles. The van der Waals surface area contributed by atoms with Gasteiger partial charge in [0.2, 0.25) is 0 Å². The second-order valence-electron chi connectivity index (χ2n) is 7.09. The van der Waals surface area contributed by atoms with Crippen molar-refractivity contribution in [3.63, 3.8) is 0 Å². The summed E-state index contributed by atoms with van der Waals surface area (Å²) in [5.41, 5.74) is 0.522. The Balaban J connectivity index is 1.92. The highest BCUT2D eigenvalue weighted by molar-refractivity contribution is 6.07. The summed E-state index contributed by atoms with van der Waals surface area (Å²) in [5, 5.41) is 10.6. The quantitative estimate of drug-likeness (QED) is 0.804. The molecule has 146 valence electrons. The number of benzene rings is 1. The average molecular weight is 374 g/mol. The second kappa shape index (κ2) is 8.10. The van der Waals surface area contributed by atoms with E-state index in [9.17, 15) is 14.7 Å². The van der Waals surface area contributed by atoms with Crippen molar-refractivity contribution in [3.05, 3.63) is 36.0 Å². The second-order valence-corrected chi connectivity index (χ2v) is 7.09. The molecule has 0 radical (unpaired) electrons. The summed E-state index contributed by atoms with van der Waals surface area (Å²) < 4.78 is 12.3. The van der Waals surface area contributed by atoms with E-state index in [4.69, 9.17) is 9.47 Å². The zero-order chi connectivity index (χ0) is 19.4. The van der Waals surface area contributed by atoms with Gasteiger partial charge in [-0.25, -0.2) is 0 Å². The Kier molecular flexibility index (Phi) is 5.82. The Morgan fingerprint density at radius 1 is 1.22 bits per heavy atom. The normalized spacial score (nSPS) is 20.1. The summed E-state index contributed by atoms with van der Waals surface area (Å²) >= 11 is 0. The number of ether oxygens (including phenoxy) is 2. The van der Waals surface area contributed by atoms with Crippen LogP contribution < -0.4 is 0 Å². The molecule has 1 fully saturated rings. The number of carbonyl (C=O) groups is 2. The molecule has 0 spiro atoms. The molecule has 1 atom stereocenters. The Bertz CT molecular complexity index is 827. The van der Waals surface area contributed by atoms with Crippen molar-refractivity contribution in [2.45, 2.75) is 19.4 Å². The first-order valence-electron chi connectivity index (χ1n) is 9.11. The lowest BCUT2D eigenvalue weighted by Gasteiger charge is -2.39. The van der Waals surface area contributed by atoms with Crippen LogP contribution in [0.5, 0.6) is 0 Å². The number of amides is 1. The molecule has 2 aromatic rings. The SMILES string of the molecule is COCCn1cc(C(=O)N2CCCC(COC)(C(=O)O)C2)c2ccccc21. The lowest BCUT2D eigenvalue weighted by molar-refractivity contribution is -0.155. The predicted octanol–water partition coefficient (Wildman–Crippen LogP) is 2.24. The summed E-state index contributed by atoms with van der Waals surface area (Å²) in [5.74, 6) is -1.05. The van der Waals surface area contributed by atoms with Gasteiger partial charge in [0.15, 0.2) is 0 Å². The largest absolute Gasteiger partial charge is 0.481 e. The van der Waals surface area contributed by atoms with E-state index in [0.29, 0.717) is 38.1 Å². The average Bonchev–Trinajstić information content (AvgIpc) is 3.05. The van der Waals surface area contributed by atoms with Crippen molar-refractivity contribution in [2.24, 2.45) is 5.41 Å². The molecule has 0 saturated carbocycles. The lowest BCUT2D eigenvalue weighted by atomic mass is 9.80. The molecule has 1 aliphatic rings. The van der Waals surface area contributed by atoms with Gasteiger partial charge in [-0.1, -0.05) is 18.2 Å². The van der Waals surface area contributed by atoms with Crippen molar-refractivity contribution >= 4 is 22.8 Å². The standard InChI is InChI=1S/C20H26N2O5/c1-26-11-10-21-12-16(15-6-3-4-7-17(15)21)18(23)22-9-5-8-20(13-22,14-27-2)19(24)25/h3-4,6-7,12H,5,8-11,13-14H2,1-2H3,(H,24,25). The fraction of sp³-hybridized carbons (Fsp3) is 0.500. The van der Waals surface area contributed by atoms with E-state index >= 15 is 0 Å². The molecule has 7 nitrogen and oxygen atoms in total. The van der Waals surface area contributed by atoms with Crippen molar-refractivity contribution < 1.29 is 24.2 Å². The Morgan fingerprint density at radius 3 is 2.70 bits per heavy atom. The number of methoxy groups -OCH3 is 2. The fourth-order valence-electron chi connectivity index (χ4n) is 3.90. The number of piperidine rings is 1. The van der Waals surface area contributed by atoms with Crippen molar-refractivity contribution in [1.82, 2.24) is 9.47 Å². The van der Waals surface area contributed by atoms with E-state index in [0.717, 1.165) is 10.9 Å². The minimum absolute atomic E-state index is 0.0989. The van der Waals surface area contributed by atoms with Crippen molar-refractivity contribution in [1.29, 1.82) is 0 Å². The van der Waals surface area contributed by atoms with Gasteiger partial charge in [0.1, 0.15) is 5.41 Å². The van der Waals surface area contributed by atoms with Crippen LogP contribution in [-0.2, 0) is 20.8 Å². The Labute approximate surface area is 158 Å². The number of para-hydroxylation sites is 1. The van der Waals surface area contributed by atoms with E-state index < -0.39 is 11.4 Å². The van der Waals surface area contributed by atoms with E-state index in [2.05, 4.69) is 0 Å². The van der Waals surface area contributed by atoms with Crippen LogP contribution in [0.2, 0.25) is 0 Å². The first-order valence-corrected chi connectivity index (χ1v) is 9.11. The Hall–Kier alpha value is -2.38. The molecule has 0 aliphatic carbocycles. The van der Waals surface area contributed by atoms with E-state index in [1.165, 1.54) is 7.11 Å². The zero-order valence-electron chi connectivity index (χ0n) is 15.8. The molecule has 1 aliphatic heterocycles. The molecule has 1 N–H and O–H groups in total. The number of fused-ring (bicyclic) bond motifs is 1. The molecule has 1 saturated heterocycles. The third-order valence-electron chi connectivity index (χ3n) is 5.29. The number of carboxylic acid groups (broad SMARTS) is 1. The van der Waals surface area contributed by atoms with Crippen LogP contribution in [0.1, 0.15) is 23.2 Å². The highest BCUT2D eigenvalue weighted by Crippen LogP contribution is 2.32. The summed E-state index contributed by atoms with van der Waals surface area (Å²) in [6.45, 7) is 2.00. The predicted molar refractivity (Wildman–Crippen MR) is 101 cm³/mol. The molecular weight excluding hydrogens is 348 g/mol. The number of hydrogen-bond donors (Lipinski definition) is 1. The number of aromatic nitrogens is 1. The summed E-state index contributed by atoms with van der Waals surface area (Å²) in [7, 11) is 3.14. The number of aliphatic carboxylic acids is 1.